The first-order valence-electron chi connectivity index (χ1n) is 7.29. The van der Waals surface area contributed by atoms with Gasteiger partial charge in [0.25, 0.3) is 0 Å². The SMILES string of the molecule is O=C(Nc1cc(Cl)cc(Cl)c1)Nc1cc(N2CCOCC2)ncn1. The normalized spacial score (nSPS) is 14.3. The summed E-state index contributed by atoms with van der Waals surface area (Å²) < 4.78 is 5.32. The van der Waals surface area contributed by atoms with Gasteiger partial charge in [0.2, 0.25) is 0 Å². The van der Waals surface area contributed by atoms with Crippen molar-refractivity contribution < 1.29 is 9.53 Å². The number of nitrogens with one attached hydrogen (secondary N) is 2. The van der Waals surface area contributed by atoms with Crippen LogP contribution in [0.1, 0.15) is 0 Å². The van der Waals surface area contributed by atoms with Crippen LogP contribution in [0.5, 0.6) is 0 Å². The van der Waals surface area contributed by atoms with Crippen LogP contribution < -0.4 is 15.5 Å². The first-order valence-corrected chi connectivity index (χ1v) is 8.04. The second-order valence-corrected chi connectivity index (χ2v) is 5.97. The number of halogens is 2. The number of nitrogens with zero attached hydrogens (tertiary/aromatic N) is 3. The molecule has 2 amide bonds. The molecule has 2 aromatic rings. The van der Waals surface area contributed by atoms with E-state index in [9.17, 15) is 4.79 Å². The van der Waals surface area contributed by atoms with Crippen molar-refractivity contribution in [2.24, 2.45) is 0 Å². The number of anilines is 3. The van der Waals surface area contributed by atoms with Crippen molar-refractivity contribution in [2.75, 3.05) is 41.8 Å². The lowest BCUT2D eigenvalue weighted by molar-refractivity contribution is 0.122. The average molecular weight is 368 g/mol. The molecule has 7 nitrogen and oxygen atoms in total. The molecule has 126 valence electrons. The smallest absolute Gasteiger partial charge is 0.324 e. The zero-order valence-corrected chi connectivity index (χ0v) is 14.1. The minimum absolute atomic E-state index is 0.400. The summed E-state index contributed by atoms with van der Waals surface area (Å²) in [5, 5.41) is 6.20. The van der Waals surface area contributed by atoms with Crippen LogP contribution in [0.15, 0.2) is 30.6 Å². The molecule has 1 aliphatic rings. The second-order valence-electron chi connectivity index (χ2n) is 5.10. The topological polar surface area (TPSA) is 79.4 Å². The van der Waals surface area contributed by atoms with Crippen LogP contribution in [-0.2, 0) is 4.74 Å². The number of aromatic nitrogens is 2. The number of carbonyl (C=O) groups excluding carboxylic acids is 1. The Balaban J connectivity index is 1.65. The Bertz CT molecular complexity index is 717. The highest BCUT2D eigenvalue weighted by Crippen LogP contribution is 2.22. The van der Waals surface area contributed by atoms with Gasteiger partial charge in [0.1, 0.15) is 18.0 Å². The van der Waals surface area contributed by atoms with E-state index in [0.29, 0.717) is 34.8 Å². The summed E-state index contributed by atoms with van der Waals surface area (Å²) >= 11 is 11.8. The maximum atomic E-state index is 12.1. The molecule has 0 unspecified atom stereocenters. The van der Waals surface area contributed by atoms with Gasteiger partial charge in [0.15, 0.2) is 0 Å². The van der Waals surface area contributed by atoms with Crippen LogP contribution in [-0.4, -0.2) is 42.3 Å². The number of carbonyl (C=O) groups is 1. The fourth-order valence-corrected chi connectivity index (χ4v) is 2.81. The molecule has 1 aromatic carbocycles. The highest BCUT2D eigenvalue weighted by Gasteiger charge is 2.14. The summed E-state index contributed by atoms with van der Waals surface area (Å²) in [5.41, 5.74) is 0.493. The van der Waals surface area contributed by atoms with Crippen LogP contribution in [0, 0.1) is 0 Å². The molecule has 1 aromatic heterocycles. The predicted molar refractivity (Wildman–Crippen MR) is 94.2 cm³/mol. The molecule has 0 atom stereocenters. The van der Waals surface area contributed by atoms with Crippen molar-refractivity contribution in [1.82, 2.24) is 9.97 Å². The summed E-state index contributed by atoms with van der Waals surface area (Å²) in [5.74, 6) is 1.14. The van der Waals surface area contributed by atoms with E-state index in [0.717, 1.165) is 18.9 Å². The van der Waals surface area contributed by atoms with E-state index in [4.69, 9.17) is 27.9 Å². The Morgan fingerprint density at radius 1 is 1.04 bits per heavy atom. The Morgan fingerprint density at radius 2 is 1.75 bits per heavy atom. The Hall–Kier alpha value is -2.09. The average Bonchev–Trinajstić information content (AvgIpc) is 2.55. The lowest BCUT2D eigenvalue weighted by Crippen LogP contribution is -2.36. The molecule has 0 aliphatic carbocycles. The predicted octanol–water partition coefficient (Wildman–Crippen LogP) is 3.26. The number of benzene rings is 1. The van der Waals surface area contributed by atoms with Gasteiger partial charge < -0.3 is 15.0 Å². The van der Waals surface area contributed by atoms with Gasteiger partial charge in [-0.05, 0) is 18.2 Å². The maximum Gasteiger partial charge on any atom is 0.324 e. The van der Waals surface area contributed by atoms with Crippen molar-refractivity contribution in [3.63, 3.8) is 0 Å². The lowest BCUT2D eigenvalue weighted by atomic mass is 10.3. The van der Waals surface area contributed by atoms with Gasteiger partial charge in [-0.3, -0.25) is 5.32 Å². The zero-order chi connectivity index (χ0) is 16.9. The summed E-state index contributed by atoms with van der Waals surface area (Å²) in [6.45, 7) is 2.82. The Kier molecular flexibility index (Phi) is 5.34. The highest BCUT2D eigenvalue weighted by molar-refractivity contribution is 6.35. The monoisotopic (exact) mass is 367 g/mol. The fourth-order valence-electron chi connectivity index (χ4n) is 2.29. The molecule has 9 heteroatoms. The second kappa shape index (κ2) is 7.65. The third kappa shape index (κ3) is 4.47. The first kappa shape index (κ1) is 16.8. The fraction of sp³-hybridized carbons (Fsp3) is 0.267. The number of morpholine rings is 1. The number of hydrogen-bond donors (Lipinski definition) is 2. The van der Waals surface area contributed by atoms with E-state index in [1.807, 2.05) is 0 Å². The minimum Gasteiger partial charge on any atom is -0.378 e. The number of ether oxygens (including phenoxy) is 1. The van der Waals surface area contributed by atoms with Crippen molar-refractivity contribution >= 4 is 46.6 Å². The van der Waals surface area contributed by atoms with Crippen molar-refractivity contribution in [3.05, 3.63) is 40.6 Å². The molecule has 0 radical (unpaired) electrons. The third-order valence-corrected chi connectivity index (χ3v) is 3.79. The van der Waals surface area contributed by atoms with E-state index in [1.165, 1.54) is 6.33 Å². The quantitative estimate of drug-likeness (QED) is 0.870. The number of rotatable bonds is 3. The molecule has 1 saturated heterocycles. The van der Waals surface area contributed by atoms with Crippen LogP contribution in [0.3, 0.4) is 0 Å². The van der Waals surface area contributed by atoms with E-state index < -0.39 is 6.03 Å². The van der Waals surface area contributed by atoms with Gasteiger partial charge in [-0.2, -0.15) is 0 Å². The third-order valence-electron chi connectivity index (χ3n) is 3.35. The molecule has 0 spiro atoms. The maximum absolute atomic E-state index is 12.1. The van der Waals surface area contributed by atoms with Gasteiger partial charge in [-0.15, -0.1) is 0 Å². The molecule has 24 heavy (non-hydrogen) atoms. The molecule has 0 bridgehead atoms. The Morgan fingerprint density at radius 3 is 2.46 bits per heavy atom. The molecule has 2 N–H and O–H groups in total. The molecule has 2 heterocycles. The summed E-state index contributed by atoms with van der Waals surface area (Å²) in [6, 6.07) is 6.07. The molecule has 1 fully saturated rings. The van der Waals surface area contributed by atoms with E-state index in [-0.39, 0.29) is 0 Å². The summed E-state index contributed by atoms with van der Waals surface area (Å²) in [4.78, 5) is 22.5. The lowest BCUT2D eigenvalue weighted by Gasteiger charge is -2.27. The van der Waals surface area contributed by atoms with Crippen LogP contribution in [0.2, 0.25) is 10.0 Å². The van der Waals surface area contributed by atoms with Gasteiger partial charge >= 0.3 is 6.03 Å². The van der Waals surface area contributed by atoms with Crippen molar-refractivity contribution in [1.29, 1.82) is 0 Å². The number of urea groups is 1. The minimum atomic E-state index is -0.444. The molecule has 1 aliphatic heterocycles. The van der Waals surface area contributed by atoms with E-state index in [2.05, 4.69) is 25.5 Å². The van der Waals surface area contributed by atoms with Gasteiger partial charge in [0.05, 0.1) is 13.2 Å². The molecular weight excluding hydrogens is 353 g/mol. The standard InChI is InChI=1S/C15H15Cl2N5O2/c16-10-5-11(17)7-12(6-10)20-15(23)21-13-8-14(19-9-18-13)22-1-3-24-4-2-22/h5-9H,1-4H2,(H2,18,19,20,21,23). The molecule has 0 saturated carbocycles. The van der Waals surface area contributed by atoms with Gasteiger partial charge in [0, 0.05) is 34.9 Å². The van der Waals surface area contributed by atoms with Crippen molar-refractivity contribution in [3.8, 4) is 0 Å². The molecule has 3 rings (SSSR count). The number of amides is 2. The highest BCUT2D eigenvalue weighted by atomic mass is 35.5. The van der Waals surface area contributed by atoms with E-state index in [1.54, 1.807) is 24.3 Å². The van der Waals surface area contributed by atoms with Crippen LogP contribution in [0.25, 0.3) is 0 Å². The van der Waals surface area contributed by atoms with Crippen LogP contribution >= 0.6 is 23.2 Å². The van der Waals surface area contributed by atoms with Crippen molar-refractivity contribution in [2.45, 2.75) is 0 Å². The largest absolute Gasteiger partial charge is 0.378 e. The van der Waals surface area contributed by atoms with Crippen LogP contribution in [0.4, 0.5) is 22.1 Å². The first-order chi connectivity index (χ1) is 11.6. The zero-order valence-electron chi connectivity index (χ0n) is 12.6. The van der Waals surface area contributed by atoms with Gasteiger partial charge in [-0.25, -0.2) is 14.8 Å². The summed E-state index contributed by atoms with van der Waals surface area (Å²) in [6.07, 6.45) is 1.41. The van der Waals surface area contributed by atoms with E-state index >= 15 is 0 Å². The molecular formula is C15H15Cl2N5O2. The summed E-state index contributed by atoms with van der Waals surface area (Å²) in [7, 11) is 0. The van der Waals surface area contributed by atoms with Gasteiger partial charge in [-0.1, -0.05) is 23.2 Å². The Labute approximate surface area is 148 Å². The number of hydrogen-bond acceptors (Lipinski definition) is 5.